The van der Waals surface area contributed by atoms with E-state index in [1.54, 1.807) is 0 Å². The van der Waals surface area contributed by atoms with Gasteiger partial charge in [0.1, 0.15) is 6.61 Å². The number of hydrogen-bond acceptors (Lipinski definition) is 2. The van der Waals surface area contributed by atoms with Crippen LogP contribution < -0.4 is 0 Å². The predicted molar refractivity (Wildman–Crippen MR) is 63.8 cm³/mol. The minimum Gasteiger partial charge on any atom is -0.373 e. The number of ether oxygens (including phenoxy) is 1. The monoisotopic (exact) mass is 218 g/mol. The third-order valence-corrected chi connectivity index (χ3v) is 2.87. The maximum Gasteiger partial charge on any atom is 0.188 e. The highest BCUT2D eigenvalue weighted by Crippen LogP contribution is 2.18. The summed E-state index contributed by atoms with van der Waals surface area (Å²) in [6, 6.07) is 6.27. The molecule has 0 amide bonds. The first-order valence-corrected chi connectivity index (χ1v) is 5.89. The first kappa shape index (κ1) is 11.3. The molecule has 0 N–H and O–H groups in total. The summed E-state index contributed by atoms with van der Waals surface area (Å²) in [5.41, 5.74) is 3.26. The van der Waals surface area contributed by atoms with Gasteiger partial charge in [0.05, 0.1) is 6.61 Å². The lowest BCUT2D eigenvalue weighted by molar-refractivity contribution is 0.0788. The molecule has 0 bridgehead atoms. The molecule has 1 heterocycles. The Morgan fingerprint density at radius 3 is 2.94 bits per heavy atom. The summed E-state index contributed by atoms with van der Waals surface area (Å²) in [5.74, 6) is 0.744. The normalized spacial score (nSPS) is 16.1. The topological polar surface area (TPSA) is 26.3 Å². The molecule has 0 spiro atoms. The zero-order valence-corrected chi connectivity index (χ0v) is 9.95. The van der Waals surface area contributed by atoms with E-state index in [2.05, 4.69) is 26.0 Å². The molecule has 0 fully saturated rings. The average Bonchev–Trinajstić information content (AvgIpc) is 2.41. The molecule has 2 heteroatoms. The molecule has 0 atom stereocenters. The van der Waals surface area contributed by atoms with Crippen molar-refractivity contribution >= 4 is 5.78 Å². The van der Waals surface area contributed by atoms with E-state index in [0.717, 1.165) is 24.0 Å². The zero-order valence-electron chi connectivity index (χ0n) is 9.95. The highest BCUT2D eigenvalue weighted by Gasteiger charge is 2.16. The molecule has 1 aromatic carbocycles. The SMILES string of the molecule is CC(C)Cc1ccc2c(c1)C(=O)COCC2. The van der Waals surface area contributed by atoms with Crippen molar-refractivity contribution in [3.63, 3.8) is 0 Å². The summed E-state index contributed by atoms with van der Waals surface area (Å²) in [6.45, 7) is 5.27. The van der Waals surface area contributed by atoms with Gasteiger partial charge in [0.15, 0.2) is 5.78 Å². The van der Waals surface area contributed by atoms with Crippen molar-refractivity contribution in [2.45, 2.75) is 26.7 Å². The van der Waals surface area contributed by atoms with Crippen LogP contribution in [0.1, 0.15) is 35.3 Å². The van der Waals surface area contributed by atoms with Crippen LogP contribution in [0.2, 0.25) is 0 Å². The highest BCUT2D eigenvalue weighted by molar-refractivity contribution is 5.98. The Morgan fingerprint density at radius 1 is 1.38 bits per heavy atom. The van der Waals surface area contributed by atoms with E-state index < -0.39 is 0 Å². The summed E-state index contributed by atoms with van der Waals surface area (Å²) in [4.78, 5) is 11.8. The number of hydrogen-bond donors (Lipinski definition) is 0. The van der Waals surface area contributed by atoms with Gasteiger partial charge in [-0.1, -0.05) is 26.0 Å². The molecule has 1 aliphatic rings. The van der Waals surface area contributed by atoms with Crippen molar-refractivity contribution in [2.24, 2.45) is 5.92 Å². The predicted octanol–water partition coefficient (Wildman–Crippen LogP) is 2.64. The van der Waals surface area contributed by atoms with E-state index in [1.165, 1.54) is 5.56 Å². The minimum atomic E-state index is 0.123. The molecular formula is C14H18O2. The molecule has 86 valence electrons. The molecule has 0 radical (unpaired) electrons. The van der Waals surface area contributed by atoms with Crippen molar-refractivity contribution in [3.8, 4) is 0 Å². The van der Waals surface area contributed by atoms with E-state index in [-0.39, 0.29) is 12.4 Å². The first-order valence-electron chi connectivity index (χ1n) is 5.89. The summed E-state index contributed by atoms with van der Waals surface area (Å²) in [5, 5.41) is 0. The molecule has 0 aliphatic carbocycles. The molecule has 16 heavy (non-hydrogen) atoms. The molecule has 0 unspecified atom stereocenters. The Balaban J connectivity index is 2.31. The second-order valence-electron chi connectivity index (χ2n) is 4.82. The lowest BCUT2D eigenvalue weighted by Crippen LogP contribution is -2.07. The standard InChI is InChI=1S/C14H18O2/c1-10(2)7-11-3-4-12-5-6-16-9-14(15)13(12)8-11/h3-4,8,10H,5-7,9H2,1-2H3. The molecule has 0 saturated carbocycles. The number of carbonyl (C=O) groups is 1. The van der Waals surface area contributed by atoms with Gasteiger partial charge >= 0.3 is 0 Å². The second-order valence-corrected chi connectivity index (χ2v) is 4.82. The van der Waals surface area contributed by atoms with E-state index in [4.69, 9.17) is 4.74 Å². The molecule has 1 aromatic rings. The second kappa shape index (κ2) is 4.79. The third kappa shape index (κ3) is 2.50. The Morgan fingerprint density at radius 2 is 2.19 bits per heavy atom. The number of Topliss-reactive ketones (excluding diaryl/α,β-unsaturated/α-hetero) is 1. The van der Waals surface area contributed by atoms with Crippen LogP contribution in [-0.4, -0.2) is 19.0 Å². The van der Waals surface area contributed by atoms with Crippen LogP contribution in [0, 0.1) is 5.92 Å². The minimum absolute atomic E-state index is 0.123. The lowest BCUT2D eigenvalue weighted by atomic mass is 9.95. The Hall–Kier alpha value is -1.15. The van der Waals surface area contributed by atoms with Crippen molar-refractivity contribution in [2.75, 3.05) is 13.2 Å². The molecule has 2 nitrogen and oxygen atoms in total. The Labute approximate surface area is 96.6 Å². The fraction of sp³-hybridized carbons (Fsp3) is 0.500. The van der Waals surface area contributed by atoms with Crippen molar-refractivity contribution < 1.29 is 9.53 Å². The van der Waals surface area contributed by atoms with Crippen LogP contribution >= 0.6 is 0 Å². The lowest BCUT2D eigenvalue weighted by Gasteiger charge is -2.09. The maximum absolute atomic E-state index is 11.8. The quantitative estimate of drug-likeness (QED) is 0.762. The van der Waals surface area contributed by atoms with E-state index in [0.29, 0.717) is 12.5 Å². The highest BCUT2D eigenvalue weighted by atomic mass is 16.5. The molecular weight excluding hydrogens is 200 g/mol. The van der Waals surface area contributed by atoms with Gasteiger partial charge in [0.25, 0.3) is 0 Å². The van der Waals surface area contributed by atoms with E-state index in [1.807, 2.05) is 6.07 Å². The molecule has 0 saturated heterocycles. The summed E-state index contributed by atoms with van der Waals surface area (Å²) >= 11 is 0. The molecule has 2 rings (SSSR count). The van der Waals surface area contributed by atoms with Gasteiger partial charge in [-0.25, -0.2) is 0 Å². The van der Waals surface area contributed by atoms with Crippen molar-refractivity contribution in [1.29, 1.82) is 0 Å². The van der Waals surface area contributed by atoms with Gasteiger partial charge in [0, 0.05) is 5.56 Å². The third-order valence-electron chi connectivity index (χ3n) is 2.87. The number of benzene rings is 1. The maximum atomic E-state index is 11.8. The Kier molecular flexibility index (Phi) is 3.39. The van der Waals surface area contributed by atoms with E-state index >= 15 is 0 Å². The molecule has 0 aromatic heterocycles. The average molecular weight is 218 g/mol. The number of rotatable bonds is 2. The van der Waals surface area contributed by atoms with Gasteiger partial charge in [0.2, 0.25) is 0 Å². The smallest absolute Gasteiger partial charge is 0.188 e. The fourth-order valence-corrected chi connectivity index (χ4v) is 2.12. The van der Waals surface area contributed by atoms with Crippen LogP contribution in [0.4, 0.5) is 0 Å². The number of ketones is 1. The van der Waals surface area contributed by atoms with Crippen LogP contribution in [0.15, 0.2) is 18.2 Å². The molecule has 1 aliphatic heterocycles. The van der Waals surface area contributed by atoms with Gasteiger partial charge in [-0.15, -0.1) is 0 Å². The van der Waals surface area contributed by atoms with Crippen LogP contribution in [-0.2, 0) is 17.6 Å². The largest absolute Gasteiger partial charge is 0.373 e. The number of fused-ring (bicyclic) bond motifs is 1. The summed E-state index contributed by atoms with van der Waals surface area (Å²) in [6.07, 6.45) is 1.88. The van der Waals surface area contributed by atoms with Crippen LogP contribution in [0.25, 0.3) is 0 Å². The first-order chi connectivity index (χ1) is 7.66. The summed E-state index contributed by atoms with van der Waals surface area (Å²) in [7, 11) is 0. The van der Waals surface area contributed by atoms with Gasteiger partial charge in [-0.3, -0.25) is 4.79 Å². The number of carbonyl (C=O) groups excluding carboxylic acids is 1. The zero-order chi connectivity index (χ0) is 11.5. The van der Waals surface area contributed by atoms with Crippen LogP contribution in [0.5, 0.6) is 0 Å². The fourth-order valence-electron chi connectivity index (χ4n) is 2.12. The van der Waals surface area contributed by atoms with E-state index in [9.17, 15) is 4.79 Å². The van der Waals surface area contributed by atoms with Crippen molar-refractivity contribution in [1.82, 2.24) is 0 Å². The van der Waals surface area contributed by atoms with Gasteiger partial charge < -0.3 is 4.74 Å². The van der Waals surface area contributed by atoms with Crippen LogP contribution in [0.3, 0.4) is 0 Å². The Bertz CT molecular complexity index is 394. The van der Waals surface area contributed by atoms with Crippen molar-refractivity contribution in [3.05, 3.63) is 34.9 Å². The summed E-state index contributed by atoms with van der Waals surface area (Å²) < 4.78 is 5.26. The van der Waals surface area contributed by atoms with Gasteiger partial charge in [-0.05, 0) is 36.0 Å². The van der Waals surface area contributed by atoms with Gasteiger partial charge in [-0.2, -0.15) is 0 Å².